The van der Waals surface area contributed by atoms with Crippen molar-refractivity contribution in [1.29, 1.82) is 0 Å². The molecule has 0 aromatic heterocycles. The number of rotatable bonds is 5. The van der Waals surface area contributed by atoms with Gasteiger partial charge in [0.2, 0.25) is 0 Å². The third-order valence-electron chi connectivity index (χ3n) is 4.16. The molecule has 5 heteroatoms. The predicted octanol–water partition coefficient (Wildman–Crippen LogP) is 5.27. The summed E-state index contributed by atoms with van der Waals surface area (Å²) in [6.07, 6.45) is 3.56. The minimum absolute atomic E-state index is 0.0827. The molecular formula is C21H19NO2S2. The first-order valence-corrected chi connectivity index (χ1v) is 9.41. The van der Waals surface area contributed by atoms with Gasteiger partial charge in [-0.3, -0.25) is 9.69 Å². The molecule has 1 aliphatic heterocycles. The van der Waals surface area contributed by atoms with Crippen LogP contribution in [0.1, 0.15) is 16.7 Å². The van der Waals surface area contributed by atoms with Crippen LogP contribution in [0.4, 0.5) is 5.69 Å². The summed E-state index contributed by atoms with van der Waals surface area (Å²) < 4.78 is 6.03. The van der Waals surface area contributed by atoms with E-state index in [-0.39, 0.29) is 5.91 Å². The number of hydrogen-bond donors (Lipinski definition) is 0. The number of benzene rings is 2. The van der Waals surface area contributed by atoms with Crippen LogP contribution in [-0.2, 0) is 4.79 Å². The highest BCUT2D eigenvalue weighted by Crippen LogP contribution is 2.37. The van der Waals surface area contributed by atoms with Crippen LogP contribution in [0.25, 0.3) is 6.08 Å². The van der Waals surface area contributed by atoms with Gasteiger partial charge in [-0.2, -0.15) is 0 Å². The van der Waals surface area contributed by atoms with Gasteiger partial charge in [-0.1, -0.05) is 60.9 Å². The topological polar surface area (TPSA) is 29.5 Å². The summed E-state index contributed by atoms with van der Waals surface area (Å²) in [6, 6.07) is 13.5. The van der Waals surface area contributed by atoms with E-state index in [0.29, 0.717) is 15.8 Å². The molecule has 1 aliphatic rings. The van der Waals surface area contributed by atoms with Gasteiger partial charge in [-0.15, -0.1) is 0 Å². The van der Waals surface area contributed by atoms with Crippen molar-refractivity contribution >= 4 is 46.0 Å². The number of carbonyl (C=O) groups is 1. The minimum atomic E-state index is -0.0827. The van der Waals surface area contributed by atoms with Crippen molar-refractivity contribution in [3.63, 3.8) is 0 Å². The largest absolute Gasteiger partial charge is 0.490 e. The molecule has 1 heterocycles. The van der Waals surface area contributed by atoms with Gasteiger partial charge in [0.15, 0.2) is 4.32 Å². The fraction of sp³-hybridized carbons (Fsp3) is 0.143. The van der Waals surface area contributed by atoms with Crippen LogP contribution in [0.15, 0.2) is 60.0 Å². The summed E-state index contributed by atoms with van der Waals surface area (Å²) >= 11 is 6.79. The molecule has 1 fully saturated rings. The fourth-order valence-corrected chi connectivity index (χ4v) is 3.90. The van der Waals surface area contributed by atoms with Crippen LogP contribution in [-0.4, -0.2) is 16.8 Å². The van der Waals surface area contributed by atoms with Crippen molar-refractivity contribution in [2.45, 2.75) is 13.8 Å². The first-order chi connectivity index (χ1) is 12.5. The van der Waals surface area contributed by atoms with Crippen LogP contribution < -0.4 is 9.64 Å². The Morgan fingerprint density at radius 2 is 1.92 bits per heavy atom. The summed E-state index contributed by atoms with van der Waals surface area (Å²) in [5, 5.41) is 0. The van der Waals surface area contributed by atoms with Gasteiger partial charge in [0.1, 0.15) is 12.4 Å². The molecule has 132 valence electrons. The first kappa shape index (κ1) is 18.4. The molecule has 0 radical (unpaired) electrons. The molecular weight excluding hydrogens is 362 g/mol. The predicted molar refractivity (Wildman–Crippen MR) is 114 cm³/mol. The average molecular weight is 382 g/mol. The van der Waals surface area contributed by atoms with Crippen molar-refractivity contribution in [2.75, 3.05) is 11.5 Å². The summed E-state index contributed by atoms with van der Waals surface area (Å²) in [6.45, 7) is 8.13. The lowest BCUT2D eigenvalue weighted by Crippen LogP contribution is -2.28. The van der Waals surface area contributed by atoms with E-state index in [1.807, 2.05) is 62.4 Å². The van der Waals surface area contributed by atoms with Crippen LogP contribution in [0, 0.1) is 13.8 Å². The van der Waals surface area contributed by atoms with Crippen LogP contribution in [0.3, 0.4) is 0 Å². The molecule has 0 aliphatic carbocycles. The van der Waals surface area contributed by atoms with E-state index in [0.717, 1.165) is 28.1 Å². The average Bonchev–Trinajstić information content (AvgIpc) is 2.90. The SMILES string of the molecule is C=CCOc1ccc(/C=C2\SC(=S)N(c3cccc(C)c3C)C2=O)cc1. The number of carbonyl (C=O) groups excluding carboxylic acids is 1. The maximum Gasteiger partial charge on any atom is 0.270 e. The van der Waals surface area contributed by atoms with Crippen LogP contribution in [0.2, 0.25) is 0 Å². The van der Waals surface area contributed by atoms with E-state index >= 15 is 0 Å². The number of amides is 1. The molecule has 2 aromatic rings. The van der Waals surface area contributed by atoms with Gasteiger partial charge in [0.25, 0.3) is 5.91 Å². The van der Waals surface area contributed by atoms with Crippen molar-refractivity contribution in [3.8, 4) is 5.75 Å². The normalized spacial score (nSPS) is 15.6. The summed E-state index contributed by atoms with van der Waals surface area (Å²) in [4.78, 5) is 15.1. The molecule has 0 atom stereocenters. The minimum Gasteiger partial charge on any atom is -0.490 e. The standard InChI is InChI=1S/C21H19NO2S2/c1-4-12-24-17-10-8-16(9-11-17)13-19-20(23)22(21(25)26-19)18-7-5-6-14(2)15(18)3/h4-11,13H,1,12H2,2-3H3/b19-13-. The Morgan fingerprint density at radius 1 is 1.19 bits per heavy atom. The van der Waals surface area contributed by atoms with Crippen molar-refractivity contribution in [2.24, 2.45) is 0 Å². The smallest absolute Gasteiger partial charge is 0.270 e. The van der Waals surface area contributed by atoms with E-state index in [1.54, 1.807) is 11.0 Å². The maximum absolute atomic E-state index is 12.9. The monoisotopic (exact) mass is 381 g/mol. The number of nitrogens with zero attached hydrogens (tertiary/aromatic N) is 1. The van der Waals surface area contributed by atoms with E-state index in [9.17, 15) is 4.79 Å². The highest BCUT2D eigenvalue weighted by Gasteiger charge is 2.34. The Balaban J connectivity index is 1.85. The lowest BCUT2D eigenvalue weighted by molar-refractivity contribution is -0.113. The summed E-state index contributed by atoms with van der Waals surface area (Å²) in [5.74, 6) is 0.686. The Bertz CT molecular complexity index is 901. The van der Waals surface area contributed by atoms with Crippen LogP contribution >= 0.6 is 24.0 Å². The van der Waals surface area contributed by atoms with E-state index in [4.69, 9.17) is 17.0 Å². The van der Waals surface area contributed by atoms with Gasteiger partial charge in [0.05, 0.1) is 10.6 Å². The van der Waals surface area contributed by atoms with Gasteiger partial charge in [-0.25, -0.2) is 0 Å². The van der Waals surface area contributed by atoms with Gasteiger partial charge in [-0.05, 0) is 54.8 Å². The first-order valence-electron chi connectivity index (χ1n) is 8.19. The maximum atomic E-state index is 12.9. The highest BCUT2D eigenvalue weighted by atomic mass is 32.2. The number of thiocarbonyl (C=S) groups is 1. The quantitative estimate of drug-likeness (QED) is 0.401. The summed E-state index contributed by atoms with van der Waals surface area (Å²) in [5.41, 5.74) is 3.98. The van der Waals surface area contributed by atoms with Gasteiger partial charge >= 0.3 is 0 Å². The van der Waals surface area contributed by atoms with Crippen molar-refractivity contribution < 1.29 is 9.53 Å². The molecule has 3 rings (SSSR count). The third kappa shape index (κ3) is 3.74. The number of ether oxygens (including phenoxy) is 1. The van der Waals surface area contributed by atoms with E-state index in [2.05, 4.69) is 6.58 Å². The molecule has 0 unspecified atom stereocenters. The molecule has 1 amide bonds. The lowest BCUT2D eigenvalue weighted by atomic mass is 10.1. The lowest BCUT2D eigenvalue weighted by Gasteiger charge is -2.18. The number of aryl methyl sites for hydroxylation is 1. The second-order valence-electron chi connectivity index (χ2n) is 5.90. The zero-order chi connectivity index (χ0) is 18.7. The molecule has 0 saturated carbocycles. The van der Waals surface area contributed by atoms with Crippen molar-refractivity contribution in [1.82, 2.24) is 0 Å². The van der Waals surface area contributed by atoms with Gasteiger partial charge < -0.3 is 4.74 Å². The van der Waals surface area contributed by atoms with E-state index < -0.39 is 0 Å². The molecule has 1 saturated heterocycles. The molecule has 0 bridgehead atoms. The molecule has 2 aromatic carbocycles. The molecule has 26 heavy (non-hydrogen) atoms. The number of anilines is 1. The Kier molecular flexibility index (Phi) is 5.59. The Labute approximate surface area is 163 Å². The molecule has 0 N–H and O–H groups in total. The second kappa shape index (κ2) is 7.89. The zero-order valence-electron chi connectivity index (χ0n) is 14.7. The molecule has 0 spiro atoms. The van der Waals surface area contributed by atoms with Crippen LogP contribution in [0.5, 0.6) is 5.75 Å². The Morgan fingerprint density at radius 3 is 2.62 bits per heavy atom. The Hall–Kier alpha value is -2.37. The number of thioether (sulfide) groups is 1. The zero-order valence-corrected chi connectivity index (χ0v) is 16.3. The molecule has 3 nitrogen and oxygen atoms in total. The highest BCUT2D eigenvalue weighted by molar-refractivity contribution is 8.27. The third-order valence-corrected chi connectivity index (χ3v) is 5.46. The van der Waals surface area contributed by atoms with Gasteiger partial charge in [0, 0.05) is 0 Å². The second-order valence-corrected chi connectivity index (χ2v) is 7.58. The van der Waals surface area contributed by atoms with Crippen molar-refractivity contribution in [3.05, 3.63) is 76.7 Å². The van der Waals surface area contributed by atoms with E-state index in [1.165, 1.54) is 11.8 Å². The number of hydrogen-bond acceptors (Lipinski definition) is 4. The fourth-order valence-electron chi connectivity index (χ4n) is 2.62. The summed E-state index contributed by atoms with van der Waals surface area (Å²) in [7, 11) is 0.